The second-order valence-electron chi connectivity index (χ2n) is 7.94. The summed E-state index contributed by atoms with van der Waals surface area (Å²) in [5, 5.41) is 0.824. The van der Waals surface area contributed by atoms with Crippen LogP contribution in [0.5, 0.6) is 0 Å². The lowest BCUT2D eigenvalue weighted by molar-refractivity contribution is -0.0383. The summed E-state index contributed by atoms with van der Waals surface area (Å²) in [6.45, 7) is 6.31. The lowest BCUT2D eigenvalue weighted by Crippen LogP contribution is -2.55. The SMILES string of the molecule is CCCC1CC(c2ccc(Cl)cc2)(N(C)C)CCC1N1CCOCC1. The number of ether oxygens (including phenoxy) is 1. The fraction of sp³-hybridized carbons (Fsp3) is 0.714. The zero-order valence-electron chi connectivity index (χ0n) is 16.0. The van der Waals surface area contributed by atoms with Crippen LogP contribution in [0.3, 0.4) is 0 Å². The van der Waals surface area contributed by atoms with Gasteiger partial charge >= 0.3 is 0 Å². The van der Waals surface area contributed by atoms with Gasteiger partial charge in [-0.3, -0.25) is 9.80 Å². The molecule has 1 aliphatic carbocycles. The third-order valence-electron chi connectivity index (χ3n) is 6.41. The molecule has 3 rings (SSSR count). The standard InChI is InChI=1S/C21H33ClN2O/c1-4-5-17-16-21(23(2)3,18-6-8-19(22)9-7-18)11-10-20(17)24-12-14-25-15-13-24/h6-9,17,20H,4-5,10-16H2,1-3H3. The van der Waals surface area contributed by atoms with Crippen molar-refractivity contribution in [1.82, 2.24) is 9.80 Å². The second-order valence-corrected chi connectivity index (χ2v) is 8.38. The minimum absolute atomic E-state index is 0.132. The maximum atomic E-state index is 6.15. The molecule has 3 nitrogen and oxygen atoms in total. The molecule has 3 unspecified atom stereocenters. The van der Waals surface area contributed by atoms with Crippen LogP contribution in [0.4, 0.5) is 0 Å². The minimum atomic E-state index is 0.132. The van der Waals surface area contributed by atoms with Crippen LogP contribution in [-0.2, 0) is 10.3 Å². The van der Waals surface area contributed by atoms with Crippen molar-refractivity contribution in [3.63, 3.8) is 0 Å². The smallest absolute Gasteiger partial charge is 0.0594 e. The molecule has 0 N–H and O–H groups in total. The van der Waals surface area contributed by atoms with Gasteiger partial charge in [0.2, 0.25) is 0 Å². The number of nitrogens with zero attached hydrogens (tertiary/aromatic N) is 2. The first-order valence-corrected chi connectivity index (χ1v) is 10.2. The monoisotopic (exact) mass is 364 g/mol. The molecule has 0 amide bonds. The molecule has 1 aliphatic heterocycles. The fourth-order valence-electron chi connectivity index (χ4n) is 5.04. The molecule has 2 aliphatic rings. The molecule has 1 aromatic carbocycles. The molecular weight excluding hydrogens is 332 g/mol. The third kappa shape index (κ3) is 4.05. The van der Waals surface area contributed by atoms with E-state index >= 15 is 0 Å². The third-order valence-corrected chi connectivity index (χ3v) is 6.66. The highest BCUT2D eigenvalue weighted by atomic mass is 35.5. The quantitative estimate of drug-likeness (QED) is 0.770. The zero-order chi connectivity index (χ0) is 17.9. The molecule has 25 heavy (non-hydrogen) atoms. The Morgan fingerprint density at radius 3 is 2.48 bits per heavy atom. The molecule has 3 atom stereocenters. The summed E-state index contributed by atoms with van der Waals surface area (Å²) in [5.41, 5.74) is 1.55. The number of hydrogen-bond acceptors (Lipinski definition) is 3. The highest BCUT2D eigenvalue weighted by Crippen LogP contribution is 2.46. The van der Waals surface area contributed by atoms with Gasteiger partial charge in [0, 0.05) is 29.7 Å². The van der Waals surface area contributed by atoms with Crippen LogP contribution < -0.4 is 0 Å². The van der Waals surface area contributed by atoms with Crippen LogP contribution in [0.2, 0.25) is 5.02 Å². The summed E-state index contributed by atoms with van der Waals surface area (Å²) in [6, 6.07) is 9.28. The van der Waals surface area contributed by atoms with Gasteiger partial charge in [-0.25, -0.2) is 0 Å². The fourth-order valence-corrected chi connectivity index (χ4v) is 5.16. The average molecular weight is 365 g/mol. The van der Waals surface area contributed by atoms with E-state index in [9.17, 15) is 0 Å². The van der Waals surface area contributed by atoms with Crippen molar-refractivity contribution in [3.05, 3.63) is 34.9 Å². The first kappa shape index (κ1) is 19.2. The molecule has 1 saturated carbocycles. The van der Waals surface area contributed by atoms with Crippen molar-refractivity contribution in [2.75, 3.05) is 40.4 Å². The van der Waals surface area contributed by atoms with Crippen LogP contribution in [0.1, 0.15) is 44.6 Å². The Hall–Kier alpha value is -0.610. The van der Waals surface area contributed by atoms with E-state index in [0.717, 1.165) is 37.2 Å². The molecule has 0 spiro atoms. The lowest BCUT2D eigenvalue weighted by Gasteiger charge is -2.52. The van der Waals surface area contributed by atoms with Gasteiger partial charge in [0.05, 0.1) is 13.2 Å². The molecule has 4 heteroatoms. The molecule has 140 valence electrons. The van der Waals surface area contributed by atoms with Crippen LogP contribution in [0.25, 0.3) is 0 Å². The van der Waals surface area contributed by atoms with Gasteiger partial charge in [-0.15, -0.1) is 0 Å². The zero-order valence-corrected chi connectivity index (χ0v) is 16.8. The highest BCUT2D eigenvalue weighted by molar-refractivity contribution is 6.30. The first-order chi connectivity index (χ1) is 12.1. The molecule has 1 saturated heterocycles. The van der Waals surface area contributed by atoms with E-state index in [2.05, 4.69) is 43.0 Å². The summed E-state index contributed by atoms with van der Waals surface area (Å²) in [6.07, 6.45) is 6.29. The summed E-state index contributed by atoms with van der Waals surface area (Å²) in [4.78, 5) is 5.15. The Morgan fingerprint density at radius 2 is 1.88 bits per heavy atom. The highest BCUT2D eigenvalue weighted by Gasteiger charge is 2.44. The van der Waals surface area contributed by atoms with E-state index in [1.54, 1.807) is 0 Å². The molecule has 1 heterocycles. The number of benzene rings is 1. The van der Waals surface area contributed by atoms with Crippen molar-refractivity contribution in [3.8, 4) is 0 Å². The molecule has 0 bridgehead atoms. The van der Waals surface area contributed by atoms with E-state index in [1.165, 1.54) is 37.7 Å². The predicted molar refractivity (Wildman–Crippen MR) is 105 cm³/mol. The molecular formula is C21H33ClN2O. The van der Waals surface area contributed by atoms with Crippen molar-refractivity contribution < 1.29 is 4.74 Å². The van der Waals surface area contributed by atoms with Gasteiger partial charge in [0.1, 0.15) is 0 Å². The average Bonchev–Trinajstić information content (AvgIpc) is 2.63. The van der Waals surface area contributed by atoms with Crippen LogP contribution >= 0.6 is 11.6 Å². The Kier molecular flexibility index (Phi) is 6.43. The predicted octanol–water partition coefficient (Wildman–Crippen LogP) is 4.40. The van der Waals surface area contributed by atoms with Gasteiger partial charge in [-0.05, 0) is 63.4 Å². The van der Waals surface area contributed by atoms with Gasteiger partial charge in [0.25, 0.3) is 0 Å². The number of halogens is 1. The molecule has 0 aromatic heterocycles. The summed E-state index contributed by atoms with van der Waals surface area (Å²) >= 11 is 6.15. The maximum Gasteiger partial charge on any atom is 0.0594 e. The van der Waals surface area contributed by atoms with Crippen molar-refractivity contribution in [2.24, 2.45) is 5.92 Å². The first-order valence-electron chi connectivity index (χ1n) is 9.82. The molecule has 1 aromatic rings. The van der Waals surface area contributed by atoms with E-state index in [1.807, 2.05) is 12.1 Å². The van der Waals surface area contributed by atoms with E-state index in [4.69, 9.17) is 16.3 Å². The minimum Gasteiger partial charge on any atom is -0.379 e. The topological polar surface area (TPSA) is 15.7 Å². The summed E-state index contributed by atoms with van der Waals surface area (Å²) in [7, 11) is 4.49. The Bertz CT molecular complexity index is 541. The van der Waals surface area contributed by atoms with Gasteiger partial charge < -0.3 is 4.74 Å². The second kappa shape index (κ2) is 8.39. The van der Waals surface area contributed by atoms with Crippen molar-refractivity contribution in [1.29, 1.82) is 0 Å². The molecule has 2 fully saturated rings. The normalized spacial score (nSPS) is 31.4. The Morgan fingerprint density at radius 1 is 1.20 bits per heavy atom. The van der Waals surface area contributed by atoms with Gasteiger partial charge in [-0.1, -0.05) is 37.1 Å². The Labute approximate surface area is 158 Å². The summed E-state index contributed by atoms with van der Waals surface area (Å²) in [5.74, 6) is 0.745. The number of morpholine rings is 1. The van der Waals surface area contributed by atoms with Crippen LogP contribution in [0.15, 0.2) is 24.3 Å². The number of hydrogen-bond donors (Lipinski definition) is 0. The van der Waals surface area contributed by atoms with E-state index in [-0.39, 0.29) is 5.54 Å². The van der Waals surface area contributed by atoms with Crippen molar-refractivity contribution in [2.45, 2.75) is 50.6 Å². The lowest BCUT2D eigenvalue weighted by atomic mass is 9.67. The number of rotatable bonds is 5. The van der Waals surface area contributed by atoms with Crippen LogP contribution in [0, 0.1) is 5.92 Å². The van der Waals surface area contributed by atoms with Crippen molar-refractivity contribution >= 4 is 11.6 Å². The Balaban J connectivity index is 1.85. The summed E-state index contributed by atoms with van der Waals surface area (Å²) < 4.78 is 5.58. The van der Waals surface area contributed by atoms with E-state index in [0.29, 0.717) is 6.04 Å². The van der Waals surface area contributed by atoms with Gasteiger partial charge in [0.15, 0.2) is 0 Å². The largest absolute Gasteiger partial charge is 0.379 e. The maximum absolute atomic E-state index is 6.15. The molecule has 0 radical (unpaired) electrons. The van der Waals surface area contributed by atoms with Crippen LogP contribution in [-0.4, -0.2) is 56.2 Å². The van der Waals surface area contributed by atoms with Gasteiger partial charge in [-0.2, -0.15) is 0 Å². The van der Waals surface area contributed by atoms with E-state index < -0.39 is 0 Å².